The standard InChI is InChI=1S/C27H25N5O4S/c1-32-18-29-31-27(32)37-17-20-9-11-21(12-10-20)25(33)30-28-15-23-5-3-4-6-24(23)36-16-19-7-13-22(14-8-19)26(34)35-2/h3-15,18H,16-17H2,1-2H3,(H,30,33). The summed E-state index contributed by atoms with van der Waals surface area (Å²) in [5, 5.41) is 12.8. The minimum absolute atomic E-state index is 0.306. The second kappa shape index (κ2) is 12.5. The highest BCUT2D eigenvalue weighted by Gasteiger charge is 2.08. The van der Waals surface area contributed by atoms with Gasteiger partial charge in [0.25, 0.3) is 5.91 Å². The van der Waals surface area contributed by atoms with Gasteiger partial charge in [-0.2, -0.15) is 5.10 Å². The predicted octanol–water partition coefficient (Wildman–Crippen LogP) is 4.24. The van der Waals surface area contributed by atoms with E-state index < -0.39 is 0 Å². The lowest BCUT2D eigenvalue weighted by molar-refractivity contribution is 0.0600. The number of nitrogens with one attached hydrogen (secondary N) is 1. The normalized spacial score (nSPS) is 10.9. The number of rotatable bonds is 10. The quantitative estimate of drug-likeness (QED) is 0.146. The molecule has 1 N–H and O–H groups in total. The maximum absolute atomic E-state index is 12.5. The van der Waals surface area contributed by atoms with Crippen LogP contribution in [0.3, 0.4) is 0 Å². The van der Waals surface area contributed by atoms with Gasteiger partial charge in [0.1, 0.15) is 18.7 Å². The van der Waals surface area contributed by atoms with Crippen LogP contribution in [0, 0.1) is 0 Å². The van der Waals surface area contributed by atoms with Gasteiger partial charge in [0.05, 0.1) is 18.9 Å². The van der Waals surface area contributed by atoms with E-state index in [1.807, 2.05) is 60.1 Å². The van der Waals surface area contributed by atoms with Crippen molar-refractivity contribution in [2.45, 2.75) is 17.5 Å². The maximum Gasteiger partial charge on any atom is 0.337 e. The average Bonchev–Trinajstić information content (AvgIpc) is 3.35. The topological polar surface area (TPSA) is 108 Å². The number of carbonyl (C=O) groups is 2. The van der Waals surface area contributed by atoms with E-state index in [0.29, 0.717) is 29.0 Å². The molecule has 0 saturated heterocycles. The number of benzene rings is 3. The Labute approximate surface area is 218 Å². The van der Waals surface area contributed by atoms with Crippen molar-refractivity contribution >= 4 is 29.9 Å². The molecule has 9 nitrogen and oxygen atoms in total. The van der Waals surface area contributed by atoms with E-state index in [1.54, 1.807) is 48.6 Å². The first-order chi connectivity index (χ1) is 18.0. The van der Waals surface area contributed by atoms with Crippen LogP contribution in [0.15, 0.2) is 89.4 Å². The number of para-hydroxylation sites is 1. The lowest BCUT2D eigenvalue weighted by Gasteiger charge is -2.09. The Morgan fingerprint density at radius 3 is 2.41 bits per heavy atom. The molecular weight excluding hydrogens is 490 g/mol. The van der Waals surface area contributed by atoms with Gasteiger partial charge in [-0.15, -0.1) is 10.2 Å². The third-order valence-electron chi connectivity index (χ3n) is 5.31. The first-order valence-electron chi connectivity index (χ1n) is 11.3. The van der Waals surface area contributed by atoms with Crippen LogP contribution in [-0.2, 0) is 24.1 Å². The molecule has 188 valence electrons. The van der Waals surface area contributed by atoms with Crippen molar-refractivity contribution in [3.8, 4) is 5.75 Å². The molecule has 4 rings (SSSR count). The Balaban J connectivity index is 1.30. The molecule has 0 radical (unpaired) electrons. The zero-order valence-electron chi connectivity index (χ0n) is 20.3. The van der Waals surface area contributed by atoms with Crippen LogP contribution in [0.25, 0.3) is 0 Å². The SMILES string of the molecule is COC(=O)c1ccc(COc2ccccc2C=NNC(=O)c2ccc(CSc3nncn3C)cc2)cc1. The van der Waals surface area contributed by atoms with Gasteiger partial charge >= 0.3 is 5.97 Å². The minimum atomic E-state index is -0.385. The molecule has 10 heteroatoms. The van der Waals surface area contributed by atoms with E-state index >= 15 is 0 Å². The molecule has 0 spiro atoms. The summed E-state index contributed by atoms with van der Waals surface area (Å²) in [5.41, 5.74) is 6.21. The Morgan fingerprint density at radius 2 is 1.70 bits per heavy atom. The fraction of sp³-hybridized carbons (Fsp3) is 0.148. The molecule has 0 aliphatic heterocycles. The summed E-state index contributed by atoms with van der Waals surface area (Å²) in [7, 11) is 3.24. The number of thioether (sulfide) groups is 1. The molecule has 37 heavy (non-hydrogen) atoms. The highest BCUT2D eigenvalue weighted by Crippen LogP contribution is 2.20. The number of hydrogen-bond acceptors (Lipinski definition) is 8. The van der Waals surface area contributed by atoms with Gasteiger partial charge in [-0.3, -0.25) is 4.79 Å². The predicted molar refractivity (Wildman–Crippen MR) is 141 cm³/mol. The Kier molecular flexibility index (Phi) is 8.66. The third-order valence-corrected chi connectivity index (χ3v) is 6.42. The van der Waals surface area contributed by atoms with Crippen molar-refractivity contribution in [2.75, 3.05) is 7.11 Å². The smallest absolute Gasteiger partial charge is 0.337 e. The maximum atomic E-state index is 12.5. The summed E-state index contributed by atoms with van der Waals surface area (Å²) >= 11 is 1.57. The number of esters is 1. The molecule has 0 aliphatic carbocycles. The first kappa shape index (κ1) is 25.6. The zero-order chi connectivity index (χ0) is 26.0. The molecular formula is C27H25N5O4S. The number of ether oxygens (including phenoxy) is 2. The van der Waals surface area contributed by atoms with Gasteiger partial charge in [0.2, 0.25) is 0 Å². The minimum Gasteiger partial charge on any atom is -0.488 e. The van der Waals surface area contributed by atoms with Crippen molar-refractivity contribution < 1.29 is 19.1 Å². The van der Waals surface area contributed by atoms with Gasteiger partial charge < -0.3 is 14.0 Å². The molecule has 1 heterocycles. The summed E-state index contributed by atoms with van der Waals surface area (Å²) in [6, 6.07) is 21.7. The molecule has 0 atom stereocenters. The van der Waals surface area contributed by atoms with Gasteiger partial charge in [-0.1, -0.05) is 48.2 Å². The van der Waals surface area contributed by atoms with Crippen LogP contribution >= 0.6 is 11.8 Å². The summed E-state index contributed by atoms with van der Waals surface area (Å²) in [6.45, 7) is 0.306. The monoisotopic (exact) mass is 515 g/mol. The first-order valence-corrected chi connectivity index (χ1v) is 12.3. The van der Waals surface area contributed by atoms with Gasteiger partial charge in [-0.25, -0.2) is 10.2 Å². The van der Waals surface area contributed by atoms with Crippen molar-refractivity contribution in [3.63, 3.8) is 0 Å². The summed E-state index contributed by atoms with van der Waals surface area (Å²) in [5.74, 6) is 0.637. The lowest BCUT2D eigenvalue weighted by atomic mass is 10.1. The van der Waals surface area contributed by atoms with Crippen LogP contribution in [-0.4, -0.2) is 40.0 Å². The molecule has 0 unspecified atom stereocenters. The highest BCUT2D eigenvalue weighted by molar-refractivity contribution is 7.98. The Hall–Kier alpha value is -4.44. The van der Waals surface area contributed by atoms with E-state index in [4.69, 9.17) is 9.47 Å². The molecule has 1 aromatic heterocycles. The van der Waals surface area contributed by atoms with Crippen LogP contribution in [0.4, 0.5) is 0 Å². The number of carbonyl (C=O) groups excluding carboxylic acids is 2. The fourth-order valence-electron chi connectivity index (χ4n) is 3.26. The number of aryl methyl sites for hydroxylation is 1. The van der Waals surface area contributed by atoms with Gasteiger partial charge in [0, 0.05) is 23.9 Å². The van der Waals surface area contributed by atoms with Crippen LogP contribution in [0.1, 0.15) is 37.4 Å². The van der Waals surface area contributed by atoms with Crippen molar-refractivity contribution in [1.82, 2.24) is 20.2 Å². The molecule has 0 aliphatic rings. The number of amides is 1. The van der Waals surface area contributed by atoms with E-state index in [9.17, 15) is 9.59 Å². The second-order valence-electron chi connectivity index (χ2n) is 7.92. The molecule has 0 fully saturated rings. The molecule has 0 saturated carbocycles. The van der Waals surface area contributed by atoms with Gasteiger partial charge in [0.15, 0.2) is 5.16 Å². The van der Waals surface area contributed by atoms with Crippen molar-refractivity contribution in [2.24, 2.45) is 12.1 Å². The molecule has 3 aromatic carbocycles. The highest BCUT2D eigenvalue weighted by atomic mass is 32.2. The van der Waals surface area contributed by atoms with Crippen molar-refractivity contribution in [1.29, 1.82) is 0 Å². The Morgan fingerprint density at radius 1 is 1.00 bits per heavy atom. The molecule has 4 aromatic rings. The molecule has 0 bridgehead atoms. The van der Waals surface area contributed by atoms with Crippen molar-refractivity contribution in [3.05, 3.63) is 107 Å². The number of hydrogen-bond donors (Lipinski definition) is 1. The van der Waals surface area contributed by atoms with Crippen LogP contribution < -0.4 is 10.2 Å². The fourth-order valence-corrected chi connectivity index (χ4v) is 4.11. The summed E-state index contributed by atoms with van der Waals surface area (Å²) in [6.07, 6.45) is 3.20. The molecule has 1 amide bonds. The van der Waals surface area contributed by atoms with E-state index in [0.717, 1.165) is 22.0 Å². The third kappa shape index (κ3) is 7.05. The summed E-state index contributed by atoms with van der Waals surface area (Å²) in [4.78, 5) is 24.1. The van der Waals surface area contributed by atoms with E-state index in [2.05, 4.69) is 20.7 Å². The second-order valence-corrected chi connectivity index (χ2v) is 8.87. The lowest BCUT2D eigenvalue weighted by Crippen LogP contribution is -2.17. The number of hydrazone groups is 1. The number of nitrogens with zero attached hydrogens (tertiary/aromatic N) is 4. The number of aromatic nitrogens is 3. The largest absolute Gasteiger partial charge is 0.488 e. The van der Waals surface area contributed by atoms with E-state index in [1.165, 1.54) is 7.11 Å². The Bertz CT molecular complexity index is 1380. The number of methoxy groups -OCH3 is 1. The van der Waals surface area contributed by atoms with Gasteiger partial charge in [-0.05, 0) is 47.5 Å². The summed E-state index contributed by atoms with van der Waals surface area (Å²) < 4.78 is 12.5. The van der Waals surface area contributed by atoms with Crippen LogP contribution in [0.5, 0.6) is 5.75 Å². The average molecular weight is 516 g/mol. The van der Waals surface area contributed by atoms with E-state index in [-0.39, 0.29) is 11.9 Å². The zero-order valence-corrected chi connectivity index (χ0v) is 21.1. The van der Waals surface area contributed by atoms with Crippen LogP contribution in [0.2, 0.25) is 0 Å².